The van der Waals surface area contributed by atoms with Crippen molar-refractivity contribution in [2.75, 3.05) is 5.73 Å². The fourth-order valence-corrected chi connectivity index (χ4v) is 3.08. The number of anilines is 1. The van der Waals surface area contributed by atoms with Gasteiger partial charge in [0.2, 0.25) is 5.13 Å². The van der Waals surface area contributed by atoms with Gasteiger partial charge >= 0.3 is 0 Å². The number of thiazole rings is 1. The highest BCUT2D eigenvalue weighted by molar-refractivity contribution is 7.20. The second kappa shape index (κ2) is 4.62. The van der Waals surface area contributed by atoms with E-state index in [2.05, 4.69) is 30.0 Å². The van der Waals surface area contributed by atoms with Gasteiger partial charge in [-0.3, -0.25) is 0 Å². The Balaban J connectivity index is 2.21. The molecule has 0 saturated carbocycles. The summed E-state index contributed by atoms with van der Waals surface area (Å²) >= 11 is 1.52. The van der Waals surface area contributed by atoms with Gasteiger partial charge in [-0.2, -0.15) is 15.0 Å². The van der Waals surface area contributed by atoms with Gasteiger partial charge in [-0.25, -0.2) is 4.98 Å². The molecule has 3 aromatic rings. The number of nitrogens with two attached hydrogens (primary N) is 1. The number of hydrogen-bond acceptors (Lipinski definition) is 5. The number of fused-ring (bicyclic) bond motifs is 1. The van der Waals surface area contributed by atoms with Crippen LogP contribution in [0.3, 0.4) is 0 Å². The van der Waals surface area contributed by atoms with Crippen LogP contribution in [0.15, 0.2) is 24.4 Å². The number of rotatable bonds is 2. The number of nitrogen functional groups attached to an aromatic ring is 1. The molecule has 0 atom stereocenters. The van der Waals surface area contributed by atoms with E-state index in [0.29, 0.717) is 22.4 Å². The summed E-state index contributed by atoms with van der Waals surface area (Å²) in [7, 11) is 0. The molecule has 2 aromatic heterocycles. The van der Waals surface area contributed by atoms with E-state index in [1.165, 1.54) is 27.8 Å². The SMILES string of the molecule is CC(C)c1cccc2sc(-n3ncc(C#N)c3N)nc12. The zero-order chi connectivity index (χ0) is 14.3. The third-order valence-corrected chi connectivity index (χ3v) is 4.17. The summed E-state index contributed by atoms with van der Waals surface area (Å²) < 4.78 is 2.62. The second-order valence-electron chi connectivity index (χ2n) is 4.81. The molecule has 2 N–H and O–H groups in total. The first-order chi connectivity index (χ1) is 9.61. The molecule has 3 rings (SSSR count). The minimum absolute atomic E-state index is 0.331. The molecule has 0 spiro atoms. The van der Waals surface area contributed by atoms with Crippen molar-refractivity contribution in [3.8, 4) is 11.2 Å². The Labute approximate surface area is 120 Å². The van der Waals surface area contributed by atoms with E-state index >= 15 is 0 Å². The Kier molecular flexibility index (Phi) is 2.92. The largest absolute Gasteiger partial charge is 0.382 e. The molecule has 0 aliphatic carbocycles. The fraction of sp³-hybridized carbons (Fsp3) is 0.214. The van der Waals surface area contributed by atoms with Crippen LogP contribution in [0.4, 0.5) is 5.82 Å². The molecule has 0 fully saturated rings. The van der Waals surface area contributed by atoms with Gasteiger partial charge < -0.3 is 5.73 Å². The third kappa shape index (κ3) is 1.84. The van der Waals surface area contributed by atoms with E-state index in [1.54, 1.807) is 0 Å². The topological polar surface area (TPSA) is 80.5 Å². The maximum absolute atomic E-state index is 8.94. The Morgan fingerprint density at radius 2 is 2.20 bits per heavy atom. The van der Waals surface area contributed by atoms with Gasteiger partial charge in [0.1, 0.15) is 17.5 Å². The van der Waals surface area contributed by atoms with Crippen LogP contribution in [0.25, 0.3) is 15.3 Å². The summed E-state index contributed by atoms with van der Waals surface area (Å²) in [6, 6.07) is 8.17. The Morgan fingerprint density at radius 1 is 1.40 bits per heavy atom. The molecule has 5 nitrogen and oxygen atoms in total. The molecule has 0 aliphatic heterocycles. The highest BCUT2D eigenvalue weighted by Gasteiger charge is 2.15. The number of para-hydroxylation sites is 1. The van der Waals surface area contributed by atoms with Crippen molar-refractivity contribution >= 4 is 27.4 Å². The Bertz CT molecular complexity index is 822. The van der Waals surface area contributed by atoms with E-state index < -0.39 is 0 Å². The van der Waals surface area contributed by atoms with Crippen molar-refractivity contribution in [3.05, 3.63) is 35.5 Å². The first-order valence-corrected chi connectivity index (χ1v) is 7.07. The molecule has 0 saturated heterocycles. The van der Waals surface area contributed by atoms with Crippen LogP contribution < -0.4 is 5.73 Å². The zero-order valence-electron chi connectivity index (χ0n) is 11.2. The molecule has 0 bridgehead atoms. The van der Waals surface area contributed by atoms with Crippen molar-refractivity contribution in [1.29, 1.82) is 5.26 Å². The Hall–Kier alpha value is -2.39. The first-order valence-electron chi connectivity index (χ1n) is 6.25. The van der Waals surface area contributed by atoms with Crippen LogP contribution in [-0.2, 0) is 0 Å². The first kappa shape index (κ1) is 12.6. The quantitative estimate of drug-likeness (QED) is 0.783. The number of aromatic nitrogens is 3. The van der Waals surface area contributed by atoms with Crippen LogP contribution in [0.5, 0.6) is 0 Å². The van der Waals surface area contributed by atoms with E-state index in [-0.39, 0.29) is 0 Å². The van der Waals surface area contributed by atoms with Gasteiger partial charge in [-0.1, -0.05) is 37.3 Å². The van der Waals surface area contributed by atoms with E-state index in [0.717, 1.165) is 10.2 Å². The average Bonchev–Trinajstić information content (AvgIpc) is 3.00. The average molecular weight is 283 g/mol. The van der Waals surface area contributed by atoms with Gasteiger partial charge in [0.15, 0.2) is 0 Å². The molecule has 0 aliphatic rings. The standard InChI is InChI=1S/C14H13N5S/c1-8(2)10-4-3-5-11-12(10)18-14(20-11)19-13(16)9(6-15)7-17-19/h3-5,7-8H,16H2,1-2H3. The molecule has 6 heteroatoms. The summed E-state index contributed by atoms with van der Waals surface area (Å²) in [4.78, 5) is 4.64. The molecule has 1 aromatic carbocycles. The number of benzene rings is 1. The van der Waals surface area contributed by atoms with E-state index in [1.807, 2.05) is 18.2 Å². The normalized spacial score (nSPS) is 11.1. The molecular weight excluding hydrogens is 270 g/mol. The van der Waals surface area contributed by atoms with Gasteiger partial charge in [0, 0.05) is 0 Å². The molecule has 20 heavy (non-hydrogen) atoms. The summed E-state index contributed by atoms with van der Waals surface area (Å²) in [5.74, 6) is 0.732. The second-order valence-corrected chi connectivity index (χ2v) is 5.82. The minimum Gasteiger partial charge on any atom is -0.382 e. The van der Waals surface area contributed by atoms with Crippen molar-refractivity contribution < 1.29 is 0 Å². The lowest BCUT2D eigenvalue weighted by Crippen LogP contribution is -2.01. The fourth-order valence-electron chi connectivity index (χ4n) is 2.11. The number of nitriles is 1. The highest BCUT2D eigenvalue weighted by Crippen LogP contribution is 2.31. The third-order valence-electron chi connectivity index (χ3n) is 3.17. The smallest absolute Gasteiger partial charge is 0.213 e. The lowest BCUT2D eigenvalue weighted by atomic mass is 10.0. The minimum atomic E-state index is 0.331. The summed E-state index contributed by atoms with van der Waals surface area (Å²) in [5, 5.41) is 13.8. The van der Waals surface area contributed by atoms with Crippen molar-refractivity contribution in [2.45, 2.75) is 19.8 Å². The van der Waals surface area contributed by atoms with E-state index in [9.17, 15) is 0 Å². The van der Waals surface area contributed by atoms with E-state index in [4.69, 9.17) is 11.0 Å². The lowest BCUT2D eigenvalue weighted by molar-refractivity contribution is 0.864. The van der Waals surface area contributed by atoms with Gasteiger partial charge in [-0.05, 0) is 17.5 Å². The van der Waals surface area contributed by atoms with Gasteiger partial charge in [0.05, 0.1) is 16.4 Å². The van der Waals surface area contributed by atoms with Crippen molar-refractivity contribution in [1.82, 2.24) is 14.8 Å². The summed E-state index contributed by atoms with van der Waals surface area (Å²) in [6.07, 6.45) is 1.46. The number of nitrogens with zero attached hydrogens (tertiary/aromatic N) is 4. The summed E-state index contributed by atoms with van der Waals surface area (Å²) in [6.45, 7) is 4.29. The van der Waals surface area contributed by atoms with Crippen LogP contribution in [0.2, 0.25) is 0 Å². The van der Waals surface area contributed by atoms with Gasteiger partial charge in [0.25, 0.3) is 0 Å². The molecule has 0 unspecified atom stereocenters. The maximum Gasteiger partial charge on any atom is 0.213 e. The van der Waals surface area contributed by atoms with Crippen LogP contribution in [0, 0.1) is 11.3 Å². The highest BCUT2D eigenvalue weighted by atomic mass is 32.1. The zero-order valence-corrected chi connectivity index (χ0v) is 12.0. The molecular formula is C14H13N5S. The molecule has 100 valence electrons. The molecule has 0 amide bonds. The lowest BCUT2D eigenvalue weighted by Gasteiger charge is -2.04. The van der Waals surface area contributed by atoms with Crippen molar-refractivity contribution in [2.24, 2.45) is 0 Å². The predicted molar refractivity (Wildman–Crippen MR) is 80.0 cm³/mol. The monoisotopic (exact) mass is 283 g/mol. The summed E-state index contributed by atoms with van der Waals surface area (Å²) in [5.41, 5.74) is 8.47. The van der Waals surface area contributed by atoms with Crippen LogP contribution in [-0.4, -0.2) is 14.8 Å². The molecule has 0 radical (unpaired) electrons. The number of hydrogen-bond donors (Lipinski definition) is 1. The van der Waals surface area contributed by atoms with Crippen LogP contribution in [0.1, 0.15) is 30.9 Å². The van der Waals surface area contributed by atoms with Crippen LogP contribution >= 0.6 is 11.3 Å². The Morgan fingerprint density at radius 3 is 2.85 bits per heavy atom. The molecule has 2 heterocycles. The predicted octanol–water partition coefficient (Wildman–Crippen LogP) is 3.06. The maximum atomic E-state index is 8.94. The van der Waals surface area contributed by atoms with Crippen molar-refractivity contribution in [3.63, 3.8) is 0 Å². The van der Waals surface area contributed by atoms with Gasteiger partial charge in [-0.15, -0.1) is 0 Å².